The molecule has 0 atom stereocenters. The lowest BCUT2D eigenvalue weighted by Crippen LogP contribution is -2.03. The lowest BCUT2D eigenvalue weighted by molar-refractivity contribution is 0.153. The molecule has 0 unspecified atom stereocenters. The van der Waals surface area contributed by atoms with Crippen LogP contribution in [0.1, 0.15) is 5.56 Å². The Morgan fingerprint density at radius 1 is 1.00 bits per heavy atom. The Hall–Kier alpha value is -1.48. The van der Waals surface area contributed by atoms with Gasteiger partial charge >= 0.3 is 0 Å². The lowest BCUT2D eigenvalue weighted by atomic mass is 10.1. The summed E-state index contributed by atoms with van der Waals surface area (Å²) in [5, 5.41) is 0. The second-order valence-electron chi connectivity index (χ2n) is 2.96. The first-order valence-corrected chi connectivity index (χ1v) is 4.69. The Kier molecular flexibility index (Phi) is 4.71. The molecular weight excluding hydrogens is 192 g/mol. The predicted molar refractivity (Wildman–Crippen MR) is 59.3 cm³/mol. The van der Waals surface area contributed by atoms with Crippen LogP contribution in [0.3, 0.4) is 0 Å². The van der Waals surface area contributed by atoms with Gasteiger partial charge < -0.3 is 14.2 Å². The van der Waals surface area contributed by atoms with Crippen LogP contribution in [0.15, 0.2) is 36.1 Å². The van der Waals surface area contributed by atoms with E-state index in [9.17, 15) is 0 Å². The molecule has 3 heteroatoms. The molecule has 0 aliphatic carbocycles. The summed E-state index contributed by atoms with van der Waals surface area (Å²) in [6, 6.07) is 9.80. The minimum Gasteiger partial charge on any atom is -0.495 e. The first-order valence-electron chi connectivity index (χ1n) is 4.69. The van der Waals surface area contributed by atoms with Gasteiger partial charge in [-0.2, -0.15) is 0 Å². The highest BCUT2D eigenvalue weighted by atomic mass is 16.5. The minimum atomic E-state index is 0.397. The Morgan fingerprint density at radius 3 is 2.13 bits per heavy atom. The van der Waals surface area contributed by atoms with Crippen molar-refractivity contribution in [2.75, 3.05) is 27.9 Å². The topological polar surface area (TPSA) is 27.7 Å². The lowest BCUT2D eigenvalue weighted by Gasteiger charge is -2.12. The van der Waals surface area contributed by atoms with Crippen LogP contribution >= 0.6 is 0 Å². The van der Waals surface area contributed by atoms with Gasteiger partial charge in [0.1, 0.15) is 6.61 Å². The molecule has 1 rings (SSSR count). The van der Waals surface area contributed by atoms with Crippen molar-refractivity contribution in [3.05, 3.63) is 41.7 Å². The molecule has 3 nitrogen and oxygen atoms in total. The Labute approximate surface area is 90.3 Å². The Morgan fingerprint density at radius 2 is 1.67 bits per heavy atom. The summed E-state index contributed by atoms with van der Waals surface area (Å²) in [6.07, 6.45) is 0. The quantitative estimate of drug-likeness (QED) is 0.695. The van der Waals surface area contributed by atoms with Gasteiger partial charge in [0, 0.05) is 12.7 Å². The van der Waals surface area contributed by atoms with E-state index in [1.165, 1.54) is 0 Å². The van der Waals surface area contributed by atoms with Crippen molar-refractivity contribution >= 4 is 5.76 Å². The molecule has 0 heterocycles. The first-order chi connectivity index (χ1) is 7.33. The van der Waals surface area contributed by atoms with E-state index in [2.05, 4.69) is 0 Å². The summed E-state index contributed by atoms with van der Waals surface area (Å²) in [4.78, 5) is 0. The maximum absolute atomic E-state index is 5.32. The largest absolute Gasteiger partial charge is 0.495 e. The van der Waals surface area contributed by atoms with Gasteiger partial charge in [-0.25, -0.2) is 0 Å². The van der Waals surface area contributed by atoms with Gasteiger partial charge in [-0.05, 0) is 0 Å². The molecule has 15 heavy (non-hydrogen) atoms. The van der Waals surface area contributed by atoms with Crippen molar-refractivity contribution in [3.63, 3.8) is 0 Å². The molecule has 0 N–H and O–H groups in total. The third kappa shape index (κ3) is 2.99. The molecule has 0 aliphatic heterocycles. The van der Waals surface area contributed by atoms with Crippen LogP contribution in [0.4, 0.5) is 0 Å². The van der Waals surface area contributed by atoms with Gasteiger partial charge in [0.2, 0.25) is 0 Å². The van der Waals surface area contributed by atoms with Crippen LogP contribution in [0.5, 0.6) is 0 Å². The SMILES string of the molecule is COC/C(OC)=C(\OC)c1ccccc1. The normalized spacial score (nSPS) is 11.9. The number of methoxy groups -OCH3 is 3. The minimum absolute atomic E-state index is 0.397. The molecule has 0 aromatic heterocycles. The summed E-state index contributed by atoms with van der Waals surface area (Å²) in [6.45, 7) is 0.397. The second kappa shape index (κ2) is 6.09. The molecule has 0 saturated carbocycles. The Balaban J connectivity index is 3.05. The third-order valence-electron chi connectivity index (χ3n) is 2.02. The molecule has 0 radical (unpaired) electrons. The Bertz CT molecular complexity index is 317. The molecule has 0 spiro atoms. The van der Waals surface area contributed by atoms with E-state index in [0.29, 0.717) is 18.1 Å². The molecule has 82 valence electrons. The van der Waals surface area contributed by atoms with E-state index in [-0.39, 0.29) is 0 Å². The van der Waals surface area contributed by atoms with Gasteiger partial charge in [0.05, 0.1) is 14.2 Å². The molecule has 0 saturated heterocycles. The van der Waals surface area contributed by atoms with E-state index < -0.39 is 0 Å². The van der Waals surface area contributed by atoms with Gasteiger partial charge in [0.25, 0.3) is 0 Å². The molecule has 0 fully saturated rings. The highest BCUT2D eigenvalue weighted by Crippen LogP contribution is 2.19. The standard InChI is InChI=1S/C12H16O3/c1-13-9-11(14-2)12(15-3)10-7-5-4-6-8-10/h4-8H,9H2,1-3H3/b12-11+. The number of rotatable bonds is 5. The maximum atomic E-state index is 5.32. The number of benzene rings is 1. The summed E-state index contributed by atoms with van der Waals surface area (Å²) in [5.74, 6) is 1.39. The second-order valence-corrected chi connectivity index (χ2v) is 2.96. The van der Waals surface area contributed by atoms with Gasteiger partial charge in [-0.1, -0.05) is 30.3 Å². The monoisotopic (exact) mass is 208 g/mol. The van der Waals surface area contributed by atoms with Crippen LogP contribution in [0, 0.1) is 0 Å². The molecule has 0 amide bonds. The number of hydrogen-bond acceptors (Lipinski definition) is 3. The average molecular weight is 208 g/mol. The highest BCUT2D eigenvalue weighted by molar-refractivity contribution is 5.61. The van der Waals surface area contributed by atoms with Crippen LogP contribution in [0.25, 0.3) is 5.76 Å². The van der Waals surface area contributed by atoms with E-state index in [0.717, 1.165) is 5.56 Å². The summed E-state index contributed by atoms with van der Waals surface area (Å²) in [5.41, 5.74) is 0.980. The maximum Gasteiger partial charge on any atom is 0.166 e. The zero-order valence-corrected chi connectivity index (χ0v) is 9.32. The van der Waals surface area contributed by atoms with E-state index in [4.69, 9.17) is 14.2 Å². The fraction of sp³-hybridized carbons (Fsp3) is 0.333. The van der Waals surface area contributed by atoms with E-state index in [1.54, 1.807) is 21.3 Å². The van der Waals surface area contributed by atoms with Crippen molar-refractivity contribution in [2.24, 2.45) is 0 Å². The molecule has 1 aromatic carbocycles. The van der Waals surface area contributed by atoms with Gasteiger partial charge in [-0.3, -0.25) is 0 Å². The van der Waals surface area contributed by atoms with E-state index >= 15 is 0 Å². The average Bonchev–Trinajstić information content (AvgIpc) is 2.30. The van der Waals surface area contributed by atoms with Crippen LogP contribution in [-0.2, 0) is 14.2 Å². The molecule has 0 bridgehead atoms. The van der Waals surface area contributed by atoms with Gasteiger partial charge in [0.15, 0.2) is 11.5 Å². The molecule has 1 aromatic rings. The van der Waals surface area contributed by atoms with Crippen molar-refractivity contribution in [1.82, 2.24) is 0 Å². The molecule has 0 aliphatic rings. The van der Waals surface area contributed by atoms with Crippen molar-refractivity contribution in [3.8, 4) is 0 Å². The van der Waals surface area contributed by atoms with Crippen LogP contribution in [-0.4, -0.2) is 27.9 Å². The van der Waals surface area contributed by atoms with Crippen molar-refractivity contribution < 1.29 is 14.2 Å². The van der Waals surface area contributed by atoms with Crippen molar-refractivity contribution in [1.29, 1.82) is 0 Å². The number of hydrogen-bond donors (Lipinski definition) is 0. The summed E-state index contributed by atoms with van der Waals surface area (Å²) in [7, 11) is 4.85. The fourth-order valence-corrected chi connectivity index (χ4v) is 1.33. The summed E-state index contributed by atoms with van der Waals surface area (Å²) < 4.78 is 15.6. The smallest absolute Gasteiger partial charge is 0.166 e. The van der Waals surface area contributed by atoms with Crippen LogP contribution in [0.2, 0.25) is 0 Å². The third-order valence-corrected chi connectivity index (χ3v) is 2.02. The van der Waals surface area contributed by atoms with Gasteiger partial charge in [-0.15, -0.1) is 0 Å². The van der Waals surface area contributed by atoms with Crippen LogP contribution < -0.4 is 0 Å². The first kappa shape index (κ1) is 11.6. The summed E-state index contributed by atoms with van der Waals surface area (Å²) >= 11 is 0. The fourth-order valence-electron chi connectivity index (χ4n) is 1.33. The molecular formula is C12H16O3. The van der Waals surface area contributed by atoms with Crippen molar-refractivity contribution in [2.45, 2.75) is 0 Å². The predicted octanol–water partition coefficient (Wildman–Crippen LogP) is 2.29. The zero-order chi connectivity index (χ0) is 11.1. The van der Waals surface area contributed by atoms with E-state index in [1.807, 2.05) is 30.3 Å². The zero-order valence-electron chi connectivity index (χ0n) is 9.32. The number of ether oxygens (including phenoxy) is 3. The highest BCUT2D eigenvalue weighted by Gasteiger charge is 2.09.